The van der Waals surface area contributed by atoms with E-state index in [9.17, 15) is 22.8 Å². The van der Waals surface area contributed by atoms with Crippen LogP contribution in [0.1, 0.15) is 24.0 Å². The van der Waals surface area contributed by atoms with Crippen molar-refractivity contribution in [3.8, 4) is 0 Å². The summed E-state index contributed by atoms with van der Waals surface area (Å²) in [6.45, 7) is 4.47. The molecule has 1 aliphatic rings. The number of rotatable bonds is 7. The average Bonchev–Trinajstić information content (AvgIpc) is 3.03. The SMILES string of the molecule is Cc1cc(NS(=O)(=O)c2ccc(NC(=O)CN3C(=O)N[C@@](C)(c4ccccc4)C3=O)cc2)nc(C)n1. The number of hydrogen-bond acceptors (Lipinski definition) is 7. The van der Waals surface area contributed by atoms with Crippen LogP contribution in [0.3, 0.4) is 0 Å². The summed E-state index contributed by atoms with van der Waals surface area (Å²) in [5, 5.41) is 5.21. The maximum atomic E-state index is 13.0. The van der Waals surface area contributed by atoms with E-state index in [2.05, 4.69) is 25.3 Å². The number of anilines is 2. The zero-order valence-electron chi connectivity index (χ0n) is 19.8. The minimum absolute atomic E-state index is 0.0397. The van der Waals surface area contributed by atoms with Gasteiger partial charge in [0.05, 0.1) is 4.90 Å². The molecule has 3 N–H and O–H groups in total. The van der Waals surface area contributed by atoms with Gasteiger partial charge in [-0.2, -0.15) is 0 Å². The summed E-state index contributed by atoms with van der Waals surface area (Å²) < 4.78 is 27.8. The van der Waals surface area contributed by atoms with Crippen LogP contribution in [-0.4, -0.2) is 47.7 Å². The Hall–Kier alpha value is -4.32. The summed E-state index contributed by atoms with van der Waals surface area (Å²) in [4.78, 5) is 46.9. The van der Waals surface area contributed by atoms with Gasteiger partial charge in [-0.1, -0.05) is 30.3 Å². The van der Waals surface area contributed by atoms with Gasteiger partial charge in [0, 0.05) is 17.4 Å². The van der Waals surface area contributed by atoms with Crippen molar-refractivity contribution in [2.24, 2.45) is 0 Å². The number of nitrogens with one attached hydrogen (secondary N) is 3. The minimum atomic E-state index is -3.92. The first-order valence-electron chi connectivity index (χ1n) is 10.9. The Morgan fingerprint density at radius 3 is 2.33 bits per heavy atom. The lowest BCUT2D eigenvalue weighted by Crippen LogP contribution is -2.42. The van der Waals surface area contributed by atoms with Crippen LogP contribution in [0.25, 0.3) is 0 Å². The molecule has 11 nitrogen and oxygen atoms in total. The van der Waals surface area contributed by atoms with Crippen molar-refractivity contribution >= 4 is 39.4 Å². The third-order valence-corrected chi connectivity index (χ3v) is 6.95. The summed E-state index contributed by atoms with van der Waals surface area (Å²) in [6, 6.07) is 15.0. The predicted molar refractivity (Wildman–Crippen MR) is 131 cm³/mol. The Labute approximate surface area is 208 Å². The molecule has 2 heterocycles. The van der Waals surface area contributed by atoms with Crippen molar-refractivity contribution in [3.05, 3.63) is 77.7 Å². The Morgan fingerprint density at radius 1 is 1.03 bits per heavy atom. The number of imide groups is 1. The number of aromatic nitrogens is 2. The number of sulfonamides is 1. The van der Waals surface area contributed by atoms with Crippen molar-refractivity contribution < 1.29 is 22.8 Å². The molecular formula is C24H24N6O5S. The molecule has 0 saturated carbocycles. The second kappa shape index (κ2) is 9.38. The Kier molecular flexibility index (Phi) is 6.46. The quantitative estimate of drug-likeness (QED) is 0.414. The Bertz CT molecular complexity index is 1420. The number of nitrogens with zero attached hydrogens (tertiary/aromatic N) is 3. The van der Waals surface area contributed by atoms with Gasteiger partial charge in [-0.3, -0.25) is 19.2 Å². The van der Waals surface area contributed by atoms with Crippen molar-refractivity contribution in [1.82, 2.24) is 20.2 Å². The van der Waals surface area contributed by atoms with Gasteiger partial charge in [0.15, 0.2) is 0 Å². The number of amides is 4. The average molecular weight is 509 g/mol. The predicted octanol–water partition coefficient (Wildman–Crippen LogP) is 2.30. The maximum absolute atomic E-state index is 13.0. The lowest BCUT2D eigenvalue weighted by atomic mass is 9.92. The lowest BCUT2D eigenvalue weighted by molar-refractivity contribution is -0.133. The summed E-state index contributed by atoms with van der Waals surface area (Å²) in [7, 11) is -3.92. The zero-order chi connectivity index (χ0) is 26.1. The van der Waals surface area contributed by atoms with Crippen molar-refractivity contribution in [1.29, 1.82) is 0 Å². The summed E-state index contributed by atoms with van der Waals surface area (Å²) in [5.74, 6) is -0.582. The summed E-state index contributed by atoms with van der Waals surface area (Å²) >= 11 is 0. The highest BCUT2D eigenvalue weighted by Gasteiger charge is 2.49. The number of urea groups is 1. The van der Waals surface area contributed by atoms with Gasteiger partial charge in [0.1, 0.15) is 23.7 Å². The molecule has 0 aliphatic carbocycles. The molecule has 0 unspecified atom stereocenters. The fourth-order valence-electron chi connectivity index (χ4n) is 3.84. The molecule has 1 atom stereocenters. The summed E-state index contributed by atoms with van der Waals surface area (Å²) in [5.41, 5.74) is 0.240. The van der Waals surface area contributed by atoms with Gasteiger partial charge in [0.2, 0.25) is 5.91 Å². The zero-order valence-corrected chi connectivity index (χ0v) is 20.6. The van der Waals surface area contributed by atoms with E-state index in [1.807, 2.05) is 0 Å². The third-order valence-electron chi connectivity index (χ3n) is 5.58. The minimum Gasteiger partial charge on any atom is -0.325 e. The third kappa shape index (κ3) is 5.03. The van der Waals surface area contributed by atoms with Crippen molar-refractivity contribution in [2.75, 3.05) is 16.6 Å². The van der Waals surface area contributed by atoms with Gasteiger partial charge in [-0.25, -0.2) is 23.2 Å². The van der Waals surface area contributed by atoms with Crippen LogP contribution in [0.4, 0.5) is 16.3 Å². The smallest absolute Gasteiger partial charge is 0.325 e. The van der Waals surface area contributed by atoms with E-state index in [1.54, 1.807) is 51.1 Å². The molecule has 2 aromatic carbocycles. The number of benzene rings is 2. The second-order valence-electron chi connectivity index (χ2n) is 8.43. The normalized spacial score (nSPS) is 17.6. The van der Waals surface area contributed by atoms with Crippen LogP contribution in [0, 0.1) is 13.8 Å². The molecule has 1 aliphatic heterocycles. The van der Waals surface area contributed by atoms with Gasteiger partial charge >= 0.3 is 6.03 Å². The summed E-state index contributed by atoms with van der Waals surface area (Å²) in [6.07, 6.45) is 0. The molecule has 0 radical (unpaired) electrons. The molecule has 0 bridgehead atoms. The van der Waals surface area contributed by atoms with E-state index in [-0.39, 0.29) is 10.7 Å². The molecule has 4 amide bonds. The molecule has 1 saturated heterocycles. The number of carbonyl (C=O) groups excluding carboxylic acids is 3. The van der Waals surface area contributed by atoms with Crippen molar-refractivity contribution in [3.63, 3.8) is 0 Å². The number of aryl methyl sites for hydroxylation is 2. The molecule has 12 heteroatoms. The first kappa shape index (κ1) is 24.8. The Balaban J connectivity index is 1.41. The standard InChI is InChI=1S/C24H24N6O5S/c1-15-13-20(26-16(2)25-15)29-36(34,35)19-11-9-18(10-12-19)27-21(31)14-30-22(32)24(3,28-23(30)33)17-7-5-4-6-8-17/h4-13H,14H2,1-3H3,(H,27,31)(H,28,33)(H,25,26,29)/t24-/m0/s1. The highest BCUT2D eigenvalue weighted by atomic mass is 32.2. The van der Waals surface area contributed by atoms with Crippen LogP contribution in [0.2, 0.25) is 0 Å². The maximum Gasteiger partial charge on any atom is 0.325 e. The van der Waals surface area contributed by atoms with Gasteiger partial charge in [0.25, 0.3) is 15.9 Å². The first-order chi connectivity index (χ1) is 17.0. The van der Waals surface area contributed by atoms with E-state index >= 15 is 0 Å². The Morgan fingerprint density at radius 2 is 1.69 bits per heavy atom. The molecule has 1 aromatic heterocycles. The van der Waals surface area contributed by atoms with Crippen LogP contribution in [-0.2, 0) is 25.2 Å². The lowest BCUT2D eigenvalue weighted by Gasteiger charge is -2.22. The molecule has 186 valence electrons. The van der Waals surface area contributed by atoms with E-state index in [0.717, 1.165) is 4.90 Å². The molecule has 0 spiro atoms. The van der Waals surface area contributed by atoms with Crippen LogP contribution in [0.5, 0.6) is 0 Å². The monoisotopic (exact) mass is 508 g/mol. The topological polar surface area (TPSA) is 150 Å². The highest BCUT2D eigenvalue weighted by molar-refractivity contribution is 7.92. The van der Waals surface area contributed by atoms with Crippen molar-refractivity contribution in [2.45, 2.75) is 31.2 Å². The molecule has 3 aromatic rings. The fourth-order valence-corrected chi connectivity index (χ4v) is 4.83. The van der Waals surface area contributed by atoms with Gasteiger partial charge in [-0.15, -0.1) is 0 Å². The number of hydrogen-bond donors (Lipinski definition) is 3. The first-order valence-corrected chi connectivity index (χ1v) is 12.4. The van der Waals surface area contributed by atoms with E-state index in [1.165, 1.54) is 30.3 Å². The van der Waals surface area contributed by atoms with E-state index < -0.39 is 40.0 Å². The largest absolute Gasteiger partial charge is 0.325 e. The second-order valence-corrected chi connectivity index (χ2v) is 10.1. The molecule has 1 fully saturated rings. The number of carbonyl (C=O) groups is 3. The fraction of sp³-hybridized carbons (Fsp3) is 0.208. The van der Waals surface area contributed by atoms with Crippen LogP contribution >= 0.6 is 0 Å². The van der Waals surface area contributed by atoms with E-state index in [4.69, 9.17) is 0 Å². The molecule has 36 heavy (non-hydrogen) atoms. The van der Waals surface area contributed by atoms with Crippen LogP contribution < -0.4 is 15.4 Å². The van der Waals surface area contributed by atoms with Crippen LogP contribution in [0.15, 0.2) is 65.6 Å². The highest BCUT2D eigenvalue weighted by Crippen LogP contribution is 2.28. The van der Waals surface area contributed by atoms with Gasteiger partial charge < -0.3 is 10.6 Å². The van der Waals surface area contributed by atoms with E-state index in [0.29, 0.717) is 22.8 Å². The van der Waals surface area contributed by atoms with Gasteiger partial charge in [-0.05, 0) is 50.6 Å². The molecular weight excluding hydrogens is 484 g/mol. The molecule has 4 rings (SSSR count).